The Morgan fingerprint density at radius 2 is 1.90 bits per heavy atom. The van der Waals surface area contributed by atoms with E-state index in [1.54, 1.807) is 12.1 Å². The van der Waals surface area contributed by atoms with Crippen LogP contribution in [0.5, 0.6) is 0 Å². The van der Waals surface area contributed by atoms with Crippen molar-refractivity contribution in [1.82, 2.24) is 5.32 Å². The van der Waals surface area contributed by atoms with Crippen molar-refractivity contribution in [2.75, 3.05) is 19.7 Å². The number of benzene rings is 2. The van der Waals surface area contributed by atoms with Gasteiger partial charge in [0.1, 0.15) is 0 Å². The molecule has 1 amide bonds. The van der Waals surface area contributed by atoms with Crippen LogP contribution in [-0.4, -0.2) is 25.6 Å². The van der Waals surface area contributed by atoms with Gasteiger partial charge in [-0.05, 0) is 28.8 Å². The van der Waals surface area contributed by atoms with Gasteiger partial charge in [-0.15, -0.1) is 0 Å². The summed E-state index contributed by atoms with van der Waals surface area (Å²) in [5.41, 5.74) is 9.15. The molecule has 0 aliphatic carbocycles. The first kappa shape index (κ1) is 13.8. The minimum Gasteiger partial charge on any atom is -0.371 e. The number of rotatable bonds is 3. The molecule has 0 saturated carbocycles. The van der Waals surface area contributed by atoms with E-state index < -0.39 is 5.91 Å². The lowest BCUT2D eigenvalue weighted by Gasteiger charge is -2.26. The first-order valence-corrected chi connectivity index (χ1v) is 7.07. The lowest BCUT2D eigenvalue weighted by atomic mass is 9.95. The third-order valence-corrected chi connectivity index (χ3v) is 3.72. The Kier molecular flexibility index (Phi) is 3.99. The fourth-order valence-electron chi connectivity index (χ4n) is 2.62. The van der Waals surface area contributed by atoms with Crippen LogP contribution < -0.4 is 11.1 Å². The van der Waals surface area contributed by atoms with Gasteiger partial charge in [0.15, 0.2) is 0 Å². The fourth-order valence-corrected chi connectivity index (χ4v) is 2.62. The van der Waals surface area contributed by atoms with E-state index in [9.17, 15) is 4.79 Å². The van der Waals surface area contributed by atoms with Gasteiger partial charge >= 0.3 is 0 Å². The highest BCUT2D eigenvalue weighted by molar-refractivity contribution is 5.93. The summed E-state index contributed by atoms with van der Waals surface area (Å²) < 4.78 is 5.85. The summed E-state index contributed by atoms with van der Waals surface area (Å²) in [7, 11) is 0. The molecular weight excluding hydrogens is 264 g/mol. The van der Waals surface area contributed by atoms with E-state index in [1.165, 1.54) is 0 Å². The Hall–Kier alpha value is -2.17. The Morgan fingerprint density at radius 1 is 1.14 bits per heavy atom. The molecule has 1 aliphatic heterocycles. The summed E-state index contributed by atoms with van der Waals surface area (Å²) in [5.74, 6) is -0.408. The molecule has 1 unspecified atom stereocenters. The first-order valence-electron chi connectivity index (χ1n) is 7.07. The molecule has 1 aliphatic rings. The number of nitrogens with two attached hydrogens (primary N) is 1. The maximum absolute atomic E-state index is 11.2. The summed E-state index contributed by atoms with van der Waals surface area (Å²) in [5, 5.41) is 3.35. The van der Waals surface area contributed by atoms with Crippen LogP contribution in [-0.2, 0) is 4.74 Å². The van der Waals surface area contributed by atoms with Gasteiger partial charge in [0.05, 0.1) is 12.7 Å². The van der Waals surface area contributed by atoms with Gasteiger partial charge in [-0.1, -0.05) is 36.4 Å². The lowest BCUT2D eigenvalue weighted by molar-refractivity contribution is 0.0280. The van der Waals surface area contributed by atoms with Crippen LogP contribution in [0.2, 0.25) is 0 Å². The number of ether oxygens (including phenoxy) is 1. The highest BCUT2D eigenvalue weighted by Gasteiger charge is 2.19. The smallest absolute Gasteiger partial charge is 0.248 e. The maximum atomic E-state index is 11.2. The third-order valence-electron chi connectivity index (χ3n) is 3.72. The van der Waals surface area contributed by atoms with E-state index in [1.807, 2.05) is 24.3 Å². The summed E-state index contributed by atoms with van der Waals surface area (Å²) in [6, 6.07) is 15.6. The number of carbonyl (C=O) groups excluding carboxylic acids is 1. The van der Waals surface area contributed by atoms with Crippen molar-refractivity contribution < 1.29 is 9.53 Å². The molecule has 1 saturated heterocycles. The summed E-state index contributed by atoms with van der Waals surface area (Å²) >= 11 is 0. The molecule has 0 spiro atoms. The van der Waals surface area contributed by atoms with Gasteiger partial charge in [0.2, 0.25) is 5.91 Å². The maximum Gasteiger partial charge on any atom is 0.248 e. The van der Waals surface area contributed by atoms with E-state index in [2.05, 4.69) is 17.4 Å². The zero-order valence-electron chi connectivity index (χ0n) is 11.7. The van der Waals surface area contributed by atoms with E-state index in [4.69, 9.17) is 10.5 Å². The summed E-state index contributed by atoms with van der Waals surface area (Å²) in [6.07, 6.45) is 0.0609. The molecule has 2 aromatic rings. The Morgan fingerprint density at radius 3 is 2.57 bits per heavy atom. The molecule has 21 heavy (non-hydrogen) atoms. The lowest BCUT2D eigenvalue weighted by Crippen LogP contribution is -2.33. The van der Waals surface area contributed by atoms with Crippen LogP contribution >= 0.6 is 0 Å². The third kappa shape index (κ3) is 2.96. The van der Waals surface area contributed by atoms with Crippen LogP contribution in [0, 0.1) is 0 Å². The molecule has 2 aromatic carbocycles. The molecule has 1 atom stereocenters. The predicted octanol–water partition coefficient (Wildman–Crippen LogP) is 2.11. The molecular formula is C17H18N2O2. The van der Waals surface area contributed by atoms with Crippen LogP contribution in [0.25, 0.3) is 11.1 Å². The molecule has 0 aromatic heterocycles. The van der Waals surface area contributed by atoms with Gasteiger partial charge in [-0.3, -0.25) is 4.79 Å². The van der Waals surface area contributed by atoms with Crippen molar-refractivity contribution in [2.45, 2.75) is 6.10 Å². The molecule has 1 fully saturated rings. The SMILES string of the molecule is NC(=O)c1ccc(-c2ccccc2C2CNCCO2)cc1. The fraction of sp³-hybridized carbons (Fsp3) is 0.235. The minimum atomic E-state index is -0.408. The predicted molar refractivity (Wildman–Crippen MR) is 82.0 cm³/mol. The zero-order chi connectivity index (χ0) is 14.7. The quantitative estimate of drug-likeness (QED) is 0.906. The van der Waals surface area contributed by atoms with E-state index in [-0.39, 0.29) is 6.10 Å². The number of hydrogen-bond donors (Lipinski definition) is 2. The molecule has 4 nitrogen and oxygen atoms in total. The highest BCUT2D eigenvalue weighted by Crippen LogP contribution is 2.30. The van der Waals surface area contributed by atoms with E-state index >= 15 is 0 Å². The standard InChI is InChI=1S/C17H18N2O2/c18-17(20)13-7-5-12(6-8-13)14-3-1-2-4-15(14)16-11-19-9-10-21-16/h1-8,16,19H,9-11H2,(H2,18,20). The van der Waals surface area contributed by atoms with Gasteiger partial charge in [0, 0.05) is 18.7 Å². The number of carbonyl (C=O) groups is 1. The normalized spacial score (nSPS) is 18.4. The van der Waals surface area contributed by atoms with E-state index in [0.717, 1.165) is 36.4 Å². The van der Waals surface area contributed by atoms with Crippen LogP contribution in [0.3, 0.4) is 0 Å². The second-order valence-electron chi connectivity index (χ2n) is 5.09. The highest BCUT2D eigenvalue weighted by atomic mass is 16.5. The van der Waals surface area contributed by atoms with Gasteiger partial charge in [-0.25, -0.2) is 0 Å². The Balaban J connectivity index is 1.96. The second kappa shape index (κ2) is 6.08. The van der Waals surface area contributed by atoms with Crippen molar-refractivity contribution in [3.63, 3.8) is 0 Å². The molecule has 4 heteroatoms. The number of nitrogens with one attached hydrogen (secondary N) is 1. The van der Waals surface area contributed by atoms with Crippen molar-refractivity contribution in [3.05, 3.63) is 59.7 Å². The summed E-state index contributed by atoms with van der Waals surface area (Å²) in [4.78, 5) is 11.2. The molecule has 0 radical (unpaired) electrons. The zero-order valence-corrected chi connectivity index (χ0v) is 11.7. The average Bonchev–Trinajstić information content (AvgIpc) is 2.56. The molecule has 3 N–H and O–H groups in total. The van der Waals surface area contributed by atoms with Crippen LogP contribution in [0.15, 0.2) is 48.5 Å². The van der Waals surface area contributed by atoms with Crippen molar-refractivity contribution in [3.8, 4) is 11.1 Å². The van der Waals surface area contributed by atoms with Crippen molar-refractivity contribution >= 4 is 5.91 Å². The number of amides is 1. The monoisotopic (exact) mass is 282 g/mol. The Labute approximate surface area is 123 Å². The summed E-state index contributed by atoms with van der Waals surface area (Å²) in [6.45, 7) is 2.43. The van der Waals surface area contributed by atoms with Gasteiger partial charge in [-0.2, -0.15) is 0 Å². The Bertz CT molecular complexity index is 631. The van der Waals surface area contributed by atoms with E-state index in [0.29, 0.717) is 5.56 Å². The van der Waals surface area contributed by atoms with Crippen LogP contribution in [0.1, 0.15) is 22.0 Å². The van der Waals surface area contributed by atoms with Gasteiger partial charge in [0.25, 0.3) is 0 Å². The minimum absolute atomic E-state index is 0.0609. The van der Waals surface area contributed by atoms with Crippen molar-refractivity contribution in [2.24, 2.45) is 5.73 Å². The molecule has 0 bridgehead atoms. The average molecular weight is 282 g/mol. The van der Waals surface area contributed by atoms with Crippen molar-refractivity contribution in [1.29, 1.82) is 0 Å². The topological polar surface area (TPSA) is 64.4 Å². The largest absolute Gasteiger partial charge is 0.371 e. The number of morpholine rings is 1. The second-order valence-corrected chi connectivity index (χ2v) is 5.09. The number of hydrogen-bond acceptors (Lipinski definition) is 3. The van der Waals surface area contributed by atoms with Crippen LogP contribution in [0.4, 0.5) is 0 Å². The first-order chi connectivity index (χ1) is 10.3. The van der Waals surface area contributed by atoms with Gasteiger partial charge < -0.3 is 15.8 Å². The number of primary amides is 1. The molecule has 108 valence electrons. The molecule has 3 rings (SSSR count). The molecule has 1 heterocycles.